The molecule has 3 aromatic carbocycles. The Bertz CT molecular complexity index is 1750. The standard InChI is InChI=1S/C36H41F2N5O6/c1-36(2,3)49-32(44)12-11-30(34(40)46)43-20-27-25(35(43)47)5-4-6-31(27)48-21-23-8-7-22(17-28(23)37)19-41-13-15-42(16-14-41)24-9-10-26(33(39)45)29(38)18-24/h4-10,17-18,30H,11-16,19-21H2,1-3H3,(H2,39,45)(H2,40,46)/t30-/m0/s1. The lowest BCUT2D eigenvalue weighted by atomic mass is 10.1. The Kier molecular flexibility index (Phi) is 10.5. The number of rotatable bonds is 12. The van der Waals surface area contributed by atoms with Gasteiger partial charge in [0.1, 0.15) is 35.6 Å². The van der Waals surface area contributed by atoms with E-state index in [9.17, 15) is 23.6 Å². The van der Waals surface area contributed by atoms with Crippen LogP contribution in [0.3, 0.4) is 0 Å². The van der Waals surface area contributed by atoms with Gasteiger partial charge in [0.25, 0.3) is 11.8 Å². The molecule has 49 heavy (non-hydrogen) atoms. The van der Waals surface area contributed by atoms with E-state index in [1.54, 1.807) is 51.1 Å². The molecule has 3 amide bonds. The molecule has 1 saturated heterocycles. The van der Waals surface area contributed by atoms with Gasteiger partial charge in [-0.3, -0.25) is 24.1 Å². The number of benzene rings is 3. The van der Waals surface area contributed by atoms with Crippen LogP contribution in [0.15, 0.2) is 54.6 Å². The molecule has 0 aliphatic carbocycles. The van der Waals surface area contributed by atoms with Gasteiger partial charge in [-0.1, -0.05) is 18.2 Å². The van der Waals surface area contributed by atoms with Crippen LogP contribution in [0.25, 0.3) is 0 Å². The zero-order chi connectivity index (χ0) is 35.5. The number of piperazine rings is 1. The molecule has 11 nitrogen and oxygen atoms in total. The van der Waals surface area contributed by atoms with E-state index >= 15 is 4.39 Å². The summed E-state index contributed by atoms with van der Waals surface area (Å²) >= 11 is 0. The largest absolute Gasteiger partial charge is 0.488 e. The number of primary amides is 2. The summed E-state index contributed by atoms with van der Waals surface area (Å²) in [6, 6.07) is 13.3. The van der Waals surface area contributed by atoms with Gasteiger partial charge in [0.05, 0.1) is 12.1 Å². The molecule has 4 N–H and O–H groups in total. The summed E-state index contributed by atoms with van der Waals surface area (Å²) in [5.74, 6) is -3.14. The number of carbonyl (C=O) groups is 4. The smallest absolute Gasteiger partial charge is 0.306 e. The summed E-state index contributed by atoms with van der Waals surface area (Å²) < 4.78 is 40.8. The first-order valence-electron chi connectivity index (χ1n) is 16.1. The lowest BCUT2D eigenvalue weighted by Crippen LogP contribution is -2.46. The maximum Gasteiger partial charge on any atom is 0.306 e. The molecule has 2 aliphatic rings. The van der Waals surface area contributed by atoms with Gasteiger partial charge in [0.2, 0.25) is 5.91 Å². The summed E-state index contributed by atoms with van der Waals surface area (Å²) in [7, 11) is 0. The third-order valence-electron chi connectivity index (χ3n) is 8.56. The quantitative estimate of drug-likeness (QED) is 0.275. The van der Waals surface area contributed by atoms with Crippen molar-refractivity contribution in [3.8, 4) is 5.75 Å². The van der Waals surface area contributed by atoms with E-state index in [1.807, 2.05) is 11.0 Å². The van der Waals surface area contributed by atoms with Crippen molar-refractivity contribution < 1.29 is 37.4 Å². The van der Waals surface area contributed by atoms with Crippen LogP contribution in [-0.2, 0) is 34.0 Å². The van der Waals surface area contributed by atoms with Gasteiger partial charge < -0.3 is 30.7 Å². The van der Waals surface area contributed by atoms with Gasteiger partial charge in [-0.25, -0.2) is 8.78 Å². The van der Waals surface area contributed by atoms with Gasteiger partial charge >= 0.3 is 5.97 Å². The molecule has 2 heterocycles. The molecule has 0 saturated carbocycles. The Balaban J connectivity index is 1.16. The van der Waals surface area contributed by atoms with E-state index in [2.05, 4.69) is 4.90 Å². The van der Waals surface area contributed by atoms with Crippen LogP contribution in [0.4, 0.5) is 14.5 Å². The number of esters is 1. The Morgan fingerprint density at radius 3 is 2.31 bits per heavy atom. The van der Waals surface area contributed by atoms with Crippen molar-refractivity contribution in [3.63, 3.8) is 0 Å². The molecule has 5 rings (SSSR count). The number of hydrogen-bond acceptors (Lipinski definition) is 8. The molecule has 1 atom stereocenters. The molecule has 0 bridgehead atoms. The predicted octanol–water partition coefficient (Wildman–Crippen LogP) is 3.90. The fourth-order valence-corrected chi connectivity index (χ4v) is 6.10. The number of halogens is 2. The first kappa shape index (κ1) is 35.3. The van der Waals surface area contributed by atoms with Crippen molar-refractivity contribution in [2.45, 2.75) is 65.0 Å². The fourth-order valence-electron chi connectivity index (χ4n) is 6.10. The van der Waals surface area contributed by atoms with Crippen LogP contribution in [0, 0.1) is 11.6 Å². The van der Waals surface area contributed by atoms with E-state index in [4.69, 9.17) is 20.9 Å². The minimum Gasteiger partial charge on any atom is -0.488 e. The third kappa shape index (κ3) is 8.52. The lowest BCUT2D eigenvalue weighted by molar-refractivity contribution is -0.155. The summed E-state index contributed by atoms with van der Waals surface area (Å²) in [4.78, 5) is 54.8. The number of fused-ring (bicyclic) bond motifs is 1. The molecule has 2 aliphatic heterocycles. The number of carbonyl (C=O) groups excluding carboxylic acids is 4. The Labute approximate surface area is 283 Å². The Morgan fingerprint density at radius 2 is 1.67 bits per heavy atom. The molecule has 0 unspecified atom stereocenters. The summed E-state index contributed by atoms with van der Waals surface area (Å²) in [5.41, 5.74) is 12.7. The highest BCUT2D eigenvalue weighted by Crippen LogP contribution is 2.34. The van der Waals surface area contributed by atoms with Gasteiger partial charge in [-0.05, 0) is 69.2 Å². The second-order valence-corrected chi connectivity index (χ2v) is 13.3. The fraction of sp³-hybridized carbons (Fsp3) is 0.389. The molecular formula is C36H41F2N5O6. The van der Waals surface area contributed by atoms with Crippen LogP contribution in [0.1, 0.15) is 71.0 Å². The zero-order valence-electron chi connectivity index (χ0n) is 27.8. The number of hydrogen-bond donors (Lipinski definition) is 2. The maximum absolute atomic E-state index is 15.2. The minimum absolute atomic E-state index is 0.0135. The Hall–Kier alpha value is -5.04. The second-order valence-electron chi connectivity index (χ2n) is 13.3. The van der Waals surface area contributed by atoms with E-state index in [0.717, 1.165) is 5.56 Å². The molecule has 0 aromatic heterocycles. The number of nitrogens with zero attached hydrogens (tertiary/aromatic N) is 3. The number of nitrogens with two attached hydrogens (primary N) is 2. The van der Waals surface area contributed by atoms with Crippen molar-refractivity contribution in [1.82, 2.24) is 9.80 Å². The van der Waals surface area contributed by atoms with Crippen LogP contribution in [0.2, 0.25) is 0 Å². The summed E-state index contributed by atoms with van der Waals surface area (Å²) in [5, 5.41) is 0. The highest BCUT2D eigenvalue weighted by molar-refractivity contribution is 6.01. The van der Waals surface area contributed by atoms with E-state index in [0.29, 0.717) is 60.9 Å². The van der Waals surface area contributed by atoms with Crippen molar-refractivity contribution in [2.75, 3.05) is 31.1 Å². The average Bonchev–Trinajstić information content (AvgIpc) is 3.36. The average molecular weight is 678 g/mol. The van der Waals surface area contributed by atoms with Gasteiger partial charge in [0.15, 0.2) is 0 Å². The molecule has 13 heteroatoms. The third-order valence-corrected chi connectivity index (χ3v) is 8.56. The topological polar surface area (TPSA) is 148 Å². The van der Waals surface area contributed by atoms with E-state index in [1.165, 1.54) is 23.1 Å². The van der Waals surface area contributed by atoms with Crippen molar-refractivity contribution >= 4 is 29.4 Å². The molecular weight excluding hydrogens is 636 g/mol. The van der Waals surface area contributed by atoms with E-state index < -0.39 is 47.0 Å². The van der Waals surface area contributed by atoms with E-state index in [-0.39, 0.29) is 31.6 Å². The van der Waals surface area contributed by atoms with Gasteiger partial charge in [0, 0.05) is 61.5 Å². The van der Waals surface area contributed by atoms with Crippen LogP contribution < -0.4 is 21.1 Å². The van der Waals surface area contributed by atoms with Crippen molar-refractivity contribution in [1.29, 1.82) is 0 Å². The normalized spacial score (nSPS) is 15.6. The molecule has 0 spiro atoms. The molecule has 1 fully saturated rings. The van der Waals surface area contributed by atoms with Crippen molar-refractivity contribution in [2.24, 2.45) is 11.5 Å². The van der Waals surface area contributed by atoms with Crippen molar-refractivity contribution in [3.05, 3.63) is 94.0 Å². The minimum atomic E-state index is -1.02. The van der Waals surface area contributed by atoms with Crippen LogP contribution in [0.5, 0.6) is 5.75 Å². The lowest BCUT2D eigenvalue weighted by Gasteiger charge is -2.36. The molecule has 260 valence electrons. The van der Waals surface area contributed by atoms with Crippen LogP contribution in [-0.4, -0.2) is 71.3 Å². The molecule has 3 aromatic rings. The number of amides is 3. The second kappa shape index (κ2) is 14.6. The monoisotopic (exact) mass is 677 g/mol. The van der Waals surface area contributed by atoms with Gasteiger partial charge in [-0.15, -0.1) is 0 Å². The Morgan fingerprint density at radius 1 is 0.939 bits per heavy atom. The number of anilines is 1. The first-order chi connectivity index (χ1) is 23.2. The number of ether oxygens (including phenoxy) is 2. The highest BCUT2D eigenvalue weighted by Gasteiger charge is 2.37. The molecule has 0 radical (unpaired) electrons. The van der Waals surface area contributed by atoms with Gasteiger partial charge in [-0.2, -0.15) is 0 Å². The SMILES string of the molecule is CC(C)(C)OC(=O)CC[C@@H](C(N)=O)N1Cc2c(OCc3ccc(CN4CCN(c5ccc(C(N)=O)c(F)c5)CC4)cc3F)cccc2C1=O. The maximum atomic E-state index is 15.2. The summed E-state index contributed by atoms with van der Waals surface area (Å²) in [6.07, 6.45) is -0.0747. The van der Waals surface area contributed by atoms with Crippen LogP contribution >= 0.6 is 0 Å². The highest BCUT2D eigenvalue weighted by atomic mass is 19.1. The summed E-state index contributed by atoms with van der Waals surface area (Å²) in [6.45, 7) is 8.34. The predicted molar refractivity (Wildman–Crippen MR) is 178 cm³/mol. The zero-order valence-corrected chi connectivity index (χ0v) is 27.8. The first-order valence-corrected chi connectivity index (χ1v) is 16.1.